The van der Waals surface area contributed by atoms with E-state index in [0.29, 0.717) is 15.7 Å². The fourth-order valence-electron chi connectivity index (χ4n) is 2.39. The zero-order valence-corrected chi connectivity index (χ0v) is 15.8. The molecule has 1 saturated heterocycles. The summed E-state index contributed by atoms with van der Waals surface area (Å²) in [5.74, 6) is -1.33. The highest BCUT2D eigenvalue weighted by Crippen LogP contribution is 2.35. The van der Waals surface area contributed by atoms with Gasteiger partial charge in [-0.05, 0) is 51.8 Å². The van der Waals surface area contributed by atoms with Crippen LogP contribution in [0.5, 0.6) is 5.75 Å². The minimum atomic E-state index is -0.518. The minimum Gasteiger partial charge on any atom is -0.424 e. The van der Waals surface area contributed by atoms with Crippen LogP contribution in [0, 0.1) is 0 Å². The largest absolute Gasteiger partial charge is 0.424 e. The van der Waals surface area contributed by atoms with Crippen molar-refractivity contribution in [2.45, 2.75) is 6.92 Å². The summed E-state index contributed by atoms with van der Waals surface area (Å²) >= 11 is 9.40. The number of hydrogen-bond donors (Lipinski definition) is 1. The Kier molecular flexibility index (Phi) is 5.11. The Labute approximate surface area is 162 Å². The number of carbonyl (C=O) groups is 3. The van der Waals surface area contributed by atoms with E-state index < -0.39 is 17.8 Å². The van der Waals surface area contributed by atoms with Crippen LogP contribution in [0.4, 0.5) is 5.69 Å². The Bertz CT molecular complexity index is 920. The van der Waals surface area contributed by atoms with Crippen molar-refractivity contribution < 1.29 is 19.1 Å². The second-order valence-electron chi connectivity index (χ2n) is 5.38. The fourth-order valence-corrected chi connectivity index (χ4v) is 3.33. The highest BCUT2D eigenvalue weighted by atomic mass is 79.9. The molecule has 0 saturated carbocycles. The van der Waals surface area contributed by atoms with E-state index in [1.807, 2.05) is 6.07 Å². The van der Waals surface area contributed by atoms with Gasteiger partial charge in [-0.2, -0.15) is 0 Å². The topological polar surface area (TPSA) is 75.7 Å². The van der Waals surface area contributed by atoms with Crippen molar-refractivity contribution in [3.63, 3.8) is 0 Å². The van der Waals surface area contributed by atoms with Gasteiger partial charge in [0.25, 0.3) is 11.8 Å². The molecule has 2 amide bonds. The standard InChI is InChI=1S/C18H12BrClN2O4/c1-10(23)26-16-14(19)8-11(9-15(16)20)7-13-17(24)21-22(18(13)25)12-5-3-2-4-6-12/h2-9H,1H3,(H,21,24)/b13-7-. The van der Waals surface area contributed by atoms with Crippen LogP contribution in [0.15, 0.2) is 52.5 Å². The first-order chi connectivity index (χ1) is 12.4. The van der Waals surface area contributed by atoms with Gasteiger partial charge >= 0.3 is 5.97 Å². The third kappa shape index (κ3) is 3.63. The lowest BCUT2D eigenvalue weighted by molar-refractivity contribution is -0.132. The van der Waals surface area contributed by atoms with E-state index in [1.165, 1.54) is 24.1 Å². The molecule has 3 rings (SSSR count). The summed E-state index contributed by atoms with van der Waals surface area (Å²) < 4.78 is 5.45. The summed E-state index contributed by atoms with van der Waals surface area (Å²) in [6.45, 7) is 1.26. The maximum Gasteiger partial charge on any atom is 0.308 e. The predicted molar refractivity (Wildman–Crippen MR) is 101 cm³/mol. The molecule has 0 aliphatic carbocycles. The van der Waals surface area contributed by atoms with Crippen LogP contribution in [0.1, 0.15) is 12.5 Å². The Morgan fingerprint density at radius 1 is 1.23 bits per heavy atom. The molecule has 2 aromatic rings. The molecular weight excluding hydrogens is 424 g/mol. The van der Waals surface area contributed by atoms with Crippen LogP contribution in [-0.4, -0.2) is 17.8 Å². The number of anilines is 1. The summed E-state index contributed by atoms with van der Waals surface area (Å²) in [7, 11) is 0. The number of esters is 1. The smallest absolute Gasteiger partial charge is 0.308 e. The number of rotatable bonds is 3. The van der Waals surface area contributed by atoms with Crippen molar-refractivity contribution in [2.75, 3.05) is 5.01 Å². The molecule has 0 unspecified atom stereocenters. The van der Waals surface area contributed by atoms with Crippen molar-refractivity contribution in [2.24, 2.45) is 0 Å². The molecule has 0 radical (unpaired) electrons. The second kappa shape index (κ2) is 7.31. The van der Waals surface area contributed by atoms with Crippen LogP contribution < -0.4 is 15.2 Å². The number of hydrogen-bond acceptors (Lipinski definition) is 4. The lowest BCUT2D eigenvalue weighted by Crippen LogP contribution is -2.35. The lowest BCUT2D eigenvalue weighted by atomic mass is 10.1. The average Bonchev–Trinajstić information content (AvgIpc) is 2.87. The van der Waals surface area contributed by atoms with E-state index in [1.54, 1.807) is 30.3 Å². The van der Waals surface area contributed by atoms with E-state index in [-0.39, 0.29) is 16.3 Å². The molecule has 132 valence electrons. The Morgan fingerprint density at radius 3 is 2.54 bits per heavy atom. The molecule has 1 aliphatic heterocycles. The van der Waals surface area contributed by atoms with Crippen LogP contribution in [0.25, 0.3) is 6.08 Å². The third-order valence-electron chi connectivity index (χ3n) is 3.48. The predicted octanol–water partition coefficient (Wildman–Crippen LogP) is 3.49. The average molecular weight is 436 g/mol. The van der Waals surface area contributed by atoms with Gasteiger partial charge < -0.3 is 4.74 Å². The molecule has 1 N–H and O–H groups in total. The molecule has 0 atom stereocenters. The summed E-state index contributed by atoms with van der Waals surface area (Å²) in [6.07, 6.45) is 1.43. The molecule has 6 nitrogen and oxygen atoms in total. The van der Waals surface area contributed by atoms with Crippen molar-refractivity contribution in [3.05, 3.63) is 63.1 Å². The number of nitrogens with zero attached hydrogens (tertiary/aromatic N) is 1. The van der Waals surface area contributed by atoms with E-state index in [4.69, 9.17) is 16.3 Å². The zero-order valence-electron chi connectivity index (χ0n) is 13.5. The summed E-state index contributed by atoms with van der Waals surface area (Å²) in [5, 5.41) is 1.35. The number of halogens is 2. The first-order valence-electron chi connectivity index (χ1n) is 7.46. The highest BCUT2D eigenvalue weighted by molar-refractivity contribution is 9.10. The zero-order chi connectivity index (χ0) is 18.8. The lowest BCUT2D eigenvalue weighted by Gasteiger charge is -2.13. The Balaban J connectivity index is 1.94. The van der Waals surface area contributed by atoms with E-state index in [9.17, 15) is 14.4 Å². The van der Waals surface area contributed by atoms with Gasteiger partial charge in [-0.15, -0.1) is 0 Å². The molecule has 1 fully saturated rings. The monoisotopic (exact) mass is 434 g/mol. The molecular formula is C18H12BrClN2O4. The van der Waals surface area contributed by atoms with E-state index in [2.05, 4.69) is 21.4 Å². The number of nitrogens with one attached hydrogen (secondary N) is 1. The number of benzene rings is 2. The Hall–Kier alpha value is -2.64. The van der Waals surface area contributed by atoms with Crippen LogP contribution >= 0.6 is 27.5 Å². The molecule has 1 heterocycles. The van der Waals surface area contributed by atoms with Crippen molar-refractivity contribution >= 4 is 57.1 Å². The summed E-state index contributed by atoms with van der Waals surface area (Å²) in [6, 6.07) is 11.9. The molecule has 1 aliphatic rings. The maximum atomic E-state index is 12.6. The maximum absolute atomic E-state index is 12.6. The van der Waals surface area contributed by atoms with E-state index >= 15 is 0 Å². The number of carbonyl (C=O) groups excluding carboxylic acids is 3. The van der Waals surface area contributed by atoms with Crippen molar-refractivity contribution in [3.8, 4) is 5.75 Å². The van der Waals surface area contributed by atoms with Gasteiger partial charge in [-0.1, -0.05) is 29.8 Å². The van der Waals surface area contributed by atoms with Gasteiger partial charge in [-0.3, -0.25) is 19.8 Å². The van der Waals surface area contributed by atoms with Crippen LogP contribution in [0.3, 0.4) is 0 Å². The SMILES string of the molecule is CC(=O)Oc1c(Cl)cc(/C=C2/C(=O)NN(c3ccccc3)C2=O)cc1Br. The summed E-state index contributed by atoms with van der Waals surface area (Å²) in [4.78, 5) is 35.9. The first kappa shape index (κ1) is 18.2. The molecule has 0 aromatic heterocycles. The van der Waals surface area contributed by atoms with Crippen molar-refractivity contribution in [1.82, 2.24) is 5.43 Å². The molecule has 0 spiro atoms. The number of para-hydroxylation sites is 1. The molecule has 26 heavy (non-hydrogen) atoms. The van der Waals surface area contributed by atoms with Gasteiger partial charge in [-0.25, -0.2) is 5.01 Å². The first-order valence-corrected chi connectivity index (χ1v) is 8.63. The van der Waals surface area contributed by atoms with Gasteiger partial charge in [0.2, 0.25) is 0 Å². The number of hydrazine groups is 1. The van der Waals surface area contributed by atoms with Crippen molar-refractivity contribution in [1.29, 1.82) is 0 Å². The third-order valence-corrected chi connectivity index (χ3v) is 4.35. The van der Waals surface area contributed by atoms with Gasteiger partial charge in [0, 0.05) is 6.92 Å². The van der Waals surface area contributed by atoms with Gasteiger partial charge in [0.15, 0.2) is 5.75 Å². The normalized spacial score (nSPS) is 15.3. The summed E-state index contributed by atoms with van der Waals surface area (Å²) in [5.41, 5.74) is 3.55. The molecule has 8 heteroatoms. The highest BCUT2D eigenvalue weighted by Gasteiger charge is 2.34. The second-order valence-corrected chi connectivity index (χ2v) is 6.64. The quantitative estimate of drug-likeness (QED) is 0.347. The number of amides is 2. The fraction of sp³-hybridized carbons (Fsp3) is 0.0556. The number of ether oxygens (including phenoxy) is 1. The minimum absolute atomic E-state index is 0.0305. The molecule has 0 bridgehead atoms. The van der Waals surface area contributed by atoms with E-state index in [0.717, 1.165) is 0 Å². The van der Waals surface area contributed by atoms with Gasteiger partial charge in [0.05, 0.1) is 15.2 Å². The molecule has 2 aromatic carbocycles. The Morgan fingerprint density at radius 2 is 1.92 bits per heavy atom. The van der Waals surface area contributed by atoms with Gasteiger partial charge in [0.1, 0.15) is 5.57 Å². The van der Waals surface area contributed by atoms with Crippen LogP contribution in [0.2, 0.25) is 5.02 Å². The van der Waals surface area contributed by atoms with Crippen LogP contribution in [-0.2, 0) is 14.4 Å².